The van der Waals surface area contributed by atoms with E-state index in [-0.39, 0.29) is 11.3 Å². The third-order valence-corrected chi connectivity index (χ3v) is 3.55. The summed E-state index contributed by atoms with van der Waals surface area (Å²) in [6.45, 7) is 8.54. The first-order valence-electron chi connectivity index (χ1n) is 6.16. The van der Waals surface area contributed by atoms with Crippen molar-refractivity contribution in [1.29, 1.82) is 0 Å². The van der Waals surface area contributed by atoms with Gasteiger partial charge >= 0.3 is 0 Å². The van der Waals surface area contributed by atoms with Crippen LogP contribution in [0, 0.1) is 5.41 Å². The SMILES string of the molecule is CCC1=NC2C(=O)NC=C2N=C1C(C)(C)CC. The van der Waals surface area contributed by atoms with Crippen LogP contribution in [0.15, 0.2) is 21.9 Å². The van der Waals surface area contributed by atoms with Crippen LogP contribution in [-0.2, 0) is 4.79 Å². The normalized spacial score (nSPS) is 23.6. The minimum absolute atomic E-state index is 0.00624. The van der Waals surface area contributed by atoms with E-state index in [2.05, 4.69) is 43.0 Å². The summed E-state index contributed by atoms with van der Waals surface area (Å²) in [6.07, 6.45) is 3.50. The van der Waals surface area contributed by atoms with Crippen molar-refractivity contribution in [3.8, 4) is 0 Å². The smallest absolute Gasteiger partial charge is 0.255 e. The zero-order valence-corrected chi connectivity index (χ0v) is 10.9. The van der Waals surface area contributed by atoms with Gasteiger partial charge in [-0.2, -0.15) is 0 Å². The second-order valence-corrected chi connectivity index (χ2v) is 5.11. The largest absolute Gasteiger partial charge is 0.329 e. The number of aliphatic imine (C=N–C) groups is 2. The minimum Gasteiger partial charge on any atom is -0.329 e. The molecule has 4 heteroatoms. The van der Waals surface area contributed by atoms with Crippen LogP contribution in [0.1, 0.15) is 40.5 Å². The number of rotatable bonds is 3. The Bertz CT molecular complexity index is 444. The molecule has 0 aromatic heterocycles. The first kappa shape index (κ1) is 12.0. The number of amides is 1. The lowest BCUT2D eigenvalue weighted by Crippen LogP contribution is -2.36. The lowest BCUT2D eigenvalue weighted by molar-refractivity contribution is -0.119. The second kappa shape index (κ2) is 4.09. The minimum atomic E-state index is -0.415. The molecule has 4 nitrogen and oxygen atoms in total. The van der Waals surface area contributed by atoms with E-state index >= 15 is 0 Å². The van der Waals surface area contributed by atoms with Crippen molar-refractivity contribution in [2.45, 2.75) is 46.6 Å². The molecule has 1 atom stereocenters. The van der Waals surface area contributed by atoms with E-state index in [1.54, 1.807) is 6.20 Å². The molecule has 1 N–H and O–H groups in total. The first-order valence-corrected chi connectivity index (χ1v) is 6.16. The van der Waals surface area contributed by atoms with Crippen LogP contribution in [0.25, 0.3) is 0 Å². The second-order valence-electron chi connectivity index (χ2n) is 5.11. The number of nitrogens with zero attached hydrogens (tertiary/aromatic N) is 2. The number of carbonyl (C=O) groups excluding carboxylic acids is 1. The van der Waals surface area contributed by atoms with Crippen molar-refractivity contribution < 1.29 is 4.79 Å². The molecule has 0 aromatic carbocycles. The number of fused-ring (bicyclic) bond motifs is 1. The molecule has 0 spiro atoms. The van der Waals surface area contributed by atoms with Gasteiger partial charge in [-0.1, -0.05) is 27.7 Å². The van der Waals surface area contributed by atoms with Gasteiger partial charge in [-0.05, 0) is 12.8 Å². The molecule has 0 aromatic rings. The summed E-state index contributed by atoms with van der Waals surface area (Å²) in [5, 5.41) is 2.68. The lowest BCUT2D eigenvalue weighted by atomic mass is 9.80. The summed E-state index contributed by atoms with van der Waals surface area (Å²) in [5.74, 6) is -0.0666. The van der Waals surface area contributed by atoms with Crippen molar-refractivity contribution in [3.63, 3.8) is 0 Å². The van der Waals surface area contributed by atoms with Gasteiger partial charge < -0.3 is 5.32 Å². The van der Waals surface area contributed by atoms with E-state index in [0.29, 0.717) is 0 Å². The molecular formula is C13H19N3O. The topological polar surface area (TPSA) is 53.8 Å². The van der Waals surface area contributed by atoms with Crippen molar-refractivity contribution in [2.75, 3.05) is 0 Å². The van der Waals surface area contributed by atoms with Crippen LogP contribution in [0.5, 0.6) is 0 Å². The highest BCUT2D eigenvalue weighted by atomic mass is 16.2. The number of hydrogen-bond donors (Lipinski definition) is 1. The van der Waals surface area contributed by atoms with Crippen LogP contribution < -0.4 is 5.32 Å². The maximum Gasteiger partial charge on any atom is 0.255 e. The van der Waals surface area contributed by atoms with Crippen LogP contribution in [0.3, 0.4) is 0 Å². The standard InChI is InChI=1S/C13H19N3O/c1-5-8-11(13(3,4)6-2)16-9-7-14-12(17)10(9)15-8/h7,10H,5-6H2,1-4H3,(H,14,17). The van der Waals surface area contributed by atoms with Gasteiger partial charge in [-0.25, -0.2) is 0 Å². The van der Waals surface area contributed by atoms with Gasteiger partial charge in [0.15, 0.2) is 6.04 Å². The van der Waals surface area contributed by atoms with E-state index < -0.39 is 6.04 Å². The van der Waals surface area contributed by atoms with Crippen LogP contribution >= 0.6 is 0 Å². The molecule has 0 saturated heterocycles. The summed E-state index contributed by atoms with van der Waals surface area (Å²) >= 11 is 0. The summed E-state index contributed by atoms with van der Waals surface area (Å²) < 4.78 is 0. The maximum absolute atomic E-state index is 11.6. The molecule has 0 bridgehead atoms. The van der Waals surface area contributed by atoms with Crippen molar-refractivity contribution in [3.05, 3.63) is 11.9 Å². The number of nitrogens with one attached hydrogen (secondary N) is 1. The van der Waals surface area contributed by atoms with E-state index in [0.717, 1.165) is 30.0 Å². The Hall–Kier alpha value is -1.45. The maximum atomic E-state index is 11.6. The Balaban J connectivity index is 2.43. The Morgan fingerprint density at radius 1 is 1.41 bits per heavy atom. The van der Waals surface area contributed by atoms with Gasteiger partial charge in [-0.15, -0.1) is 0 Å². The molecule has 17 heavy (non-hydrogen) atoms. The summed E-state index contributed by atoms with van der Waals surface area (Å²) in [7, 11) is 0. The average molecular weight is 233 g/mol. The molecular weight excluding hydrogens is 214 g/mol. The Kier molecular flexibility index (Phi) is 2.89. The van der Waals surface area contributed by atoms with Gasteiger partial charge in [0, 0.05) is 11.6 Å². The summed E-state index contributed by atoms with van der Waals surface area (Å²) in [5.41, 5.74) is 2.76. The zero-order chi connectivity index (χ0) is 12.6. The van der Waals surface area contributed by atoms with Gasteiger partial charge in [-0.3, -0.25) is 14.8 Å². The van der Waals surface area contributed by atoms with Crippen LogP contribution in [0.4, 0.5) is 0 Å². The Morgan fingerprint density at radius 3 is 2.71 bits per heavy atom. The molecule has 1 amide bonds. The molecule has 0 radical (unpaired) electrons. The molecule has 0 fully saturated rings. The van der Waals surface area contributed by atoms with E-state index in [9.17, 15) is 4.79 Å². The van der Waals surface area contributed by atoms with E-state index in [1.165, 1.54) is 0 Å². The molecule has 2 rings (SSSR count). The first-order chi connectivity index (χ1) is 7.99. The molecule has 0 aliphatic carbocycles. The third-order valence-electron chi connectivity index (χ3n) is 3.55. The van der Waals surface area contributed by atoms with Gasteiger partial charge in [0.2, 0.25) is 0 Å². The van der Waals surface area contributed by atoms with Gasteiger partial charge in [0.1, 0.15) is 0 Å². The predicted molar refractivity (Wildman–Crippen MR) is 69.2 cm³/mol. The van der Waals surface area contributed by atoms with E-state index in [1.807, 2.05) is 0 Å². The summed E-state index contributed by atoms with van der Waals surface area (Å²) in [6, 6.07) is -0.415. The van der Waals surface area contributed by atoms with Crippen LogP contribution in [0.2, 0.25) is 0 Å². The highest BCUT2D eigenvalue weighted by molar-refractivity contribution is 6.45. The molecule has 2 aliphatic rings. The quantitative estimate of drug-likeness (QED) is 0.797. The lowest BCUT2D eigenvalue weighted by Gasteiger charge is -2.29. The molecule has 92 valence electrons. The zero-order valence-electron chi connectivity index (χ0n) is 10.9. The molecule has 2 aliphatic heterocycles. The van der Waals surface area contributed by atoms with Gasteiger partial charge in [0.25, 0.3) is 5.91 Å². The average Bonchev–Trinajstić information content (AvgIpc) is 2.69. The highest BCUT2D eigenvalue weighted by Crippen LogP contribution is 2.30. The van der Waals surface area contributed by atoms with Gasteiger partial charge in [0.05, 0.1) is 17.1 Å². The molecule has 1 unspecified atom stereocenters. The fourth-order valence-corrected chi connectivity index (χ4v) is 2.03. The van der Waals surface area contributed by atoms with E-state index in [4.69, 9.17) is 0 Å². The number of carbonyl (C=O) groups is 1. The Labute approximate surface area is 102 Å². The van der Waals surface area contributed by atoms with Crippen molar-refractivity contribution in [2.24, 2.45) is 15.4 Å². The predicted octanol–water partition coefficient (Wildman–Crippen LogP) is 2.07. The summed E-state index contributed by atoms with van der Waals surface area (Å²) in [4.78, 5) is 20.8. The highest BCUT2D eigenvalue weighted by Gasteiger charge is 2.36. The number of hydrogen-bond acceptors (Lipinski definition) is 3. The fourth-order valence-electron chi connectivity index (χ4n) is 2.03. The van der Waals surface area contributed by atoms with Crippen molar-refractivity contribution in [1.82, 2.24) is 5.32 Å². The third kappa shape index (κ3) is 1.92. The van der Waals surface area contributed by atoms with Crippen molar-refractivity contribution >= 4 is 17.3 Å². The Morgan fingerprint density at radius 2 is 2.12 bits per heavy atom. The fraction of sp³-hybridized carbons (Fsp3) is 0.615. The molecule has 2 heterocycles. The molecule has 0 saturated carbocycles. The van der Waals surface area contributed by atoms with Crippen LogP contribution in [-0.4, -0.2) is 23.4 Å². The monoisotopic (exact) mass is 233 g/mol.